The molecule has 0 unspecified atom stereocenters. The van der Waals surface area contributed by atoms with Crippen molar-refractivity contribution in [2.45, 2.75) is 226 Å². The lowest BCUT2D eigenvalue weighted by atomic mass is 10.2. The molecule has 6 fully saturated rings. The molecule has 0 spiro atoms. The van der Waals surface area contributed by atoms with E-state index in [-0.39, 0.29) is 92.3 Å². The number of hydrogen-bond acceptors (Lipinski definition) is 24. The molecule has 82 heavy (non-hydrogen) atoms. The van der Waals surface area contributed by atoms with Crippen molar-refractivity contribution in [1.29, 1.82) is 0 Å². The number of hydrogen-bond donors (Lipinski definition) is 10. The second-order valence-electron chi connectivity index (χ2n) is 20.8. The number of aliphatic hydroxyl groups excluding tert-OH is 6. The highest BCUT2D eigenvalue weighted by atomic mass is 35.5. The number of aliphatic hydroxyl groups is 6. The molecule has 0 aromatic carbocycles. The second kappa shape index (κ2) is 42.3. The summed E-state index contributed by atoms with van der Waals surface area (Å²) in [4.78, 5) is 62.0. The fourth-order valence-electron chi connectivity index (χ4n) is 8.78. The van der Waals surface area contributed by atoms with Gasteiger partial charge in [0.25, 0.3) is 0 Å². The smallest absolute Gasteiger partial charge is 0.407 e. The first-order valence-electron chi connectivity index (χ1n) is 27.4. The molecule has 0 radical (unpaired) electrons. The van der Waals surface area contributed by atoms with Gasteiger partial charge in [0.1, 0.15) is 22.4 Å². The molecule has 11 N–H and O–H groups in total. The van der Waals surface area contributed by atoms with Gasteiger partial charge in [-0.15, -0.1) is 12.4 Å². The SMILES string of the molecule is C.C1CCOC1.CC(C)(C)OC(=O)N[C@@H]1CC[C@@H](O)C1.CCO.CSc1ncc(C=N[C@@H]2CC[C@@H](O)C2)c(N[C@@H]2CC[C@@H](O)C2)n1.CSc1ncc(C=O)c(Cl)n1.CSc1ncc(C=O)c(N[C@@H]2CC[C@@H](O)C2)n1.Cl.N[C@@H]1CC[C@@H](O)C1. The van der Waals surface area contributed by atoms with E-state index in [1.807, 2.05) is 45.8 Å². The van der Waals surface area contributed by atoms with Crippen LogP contribution in [0.2, 0.25) is 5.15 Å². The Bertz CT molecular complexity index is 2290. The Morgan fingerprint density at radius 3 is 1.45 bits per heavy atom. The van der Waals surface area contributed by atoms with Gasteiger partial charge in [-0.05, 0) is 156 Å². The maximum absolute atomic E-state index is 11.3. The number of carbonyl (C=O) groups is 3. The number of ether oxygens (including phenoxy) is 2. The molecule has 5 saturated carbocycles. The second-order valence-corrected chi connectivity index (χ2v) is 23.5. The minimum atomic E-state index is -0.457. The first kappa shape index (κ1) is 76.4. The molecule has 5 aliphatic carbocycles. The van der Waals surface area contributed by atoms with Crippen LogP contribution in [0.3, 0.4) is 0 Å². The van der Waals surface area contributed by atoms with E-state index < -0.39 is 11.7 Å². The summed E-state index contributed by atoms with van der Waals surface area (Å²) in [6.07, 6.45) is 27.1. The number of nitrogens with zero attached hydrogens (tertiary/aromatic N) is 7. The van der Waals surface area contributed by atoms with Crippen LogP contribution in [-0.4, -0.2) is 190 Å². The fraction of sp³-hybridized carbons (Fsp3) is 0.709. The van der Waals surface area contributed by atoms with E-state index in [2.05, 4.69) is 50.8 Å². The summed E-state index contributed by atoms with van der Waals surface area (Å²) in [6.45, 7) is 9.42. The first-order valence-corrected chi connectivity index (χ1v) is 31.5. The number of nitrogens with two attached hydrogens (primary N) is 1. The zero-order valence-electron chi connectivity index (χ0n) is 47.8. The Hall–Kier alpha value is -3.57. The lowest BCUT2D eigenvalue weighted by Crippen LogP contribution is -2.38. The van der Waals surface area contributed by atoms with Crippen LogP contribution >= 0.6 is 59.3 Å². The molecule has 1 amide bonds. The van der Waals surface area contributed by atoms with Gasteiger partial charge in [-0.1, -0.05) is 54.3 Å². The van der Waals surface area contributed by atoms with Gasteiger partial charge in [-0.25, -0.2) is 34.7 Å². The number of aromatic nitrogens is 6. The minimum absolute atomic E-state index is 0. The Morgan fingerprint density at radius 1 is 0.683 bits per heavy atom. The number of thioether (sulfide) groups is 3. The third kappa shape index (κ3) is 31.5. The summed E-state index contributed by atoms with van der Waals surface area (Å²) in [5.74, 6) is 1.35. The molecule has 27 heteroatoms. The average Bonchev–Trinajstić information content (AvgIpc) is 4.33. The molecule has 9 rings (SSSR count). The summed E-state index contributed by atoms with van der Waals surface area (Å²) in [5, 5.41) is 65.9. The van der Waals surface area contributed by atoms with Gasteiger partial charge in [0.2, 0.25) is 0 Å². The number of alkyl carbamates (subject to hydrolysis) is 1. The third-order valence-electron chi connectivity index (χ3n) is 12.8. The molecule has 1 saturated heterocycles. The molecule has 1 aliphatic heterocycles. The van der Waals surface area contributed by atoms with Crippen LogP contribution in [0.25, 0.3) is 0 Å². The number of nitrogens with one attached hydrogen (secondary N) is 3. The molecule has 466 valence electrons. The highest BCUT2D eigenvalue weighted by molar-refractivity contribution is 7.98. The van der Waals surface area contributed by atoms with Crippen LogP contribution in [0.5, 0.6) is 0 Å². The zero-order valence-corrected chi connectivity index (χ0v) is 51.8. The lowest BCUT2D eigenvalue weighted by molar-refractivity contribution is 0.0501. The fourth-order valence-corrected chi connectivity index (χ4v) is 10.0. The van der Waals surface area contributed by atoms with Crippen molar-refractivity contribution in [2.24, 2.45) is 10.7 Å². The number of rotatable bonds is 12. The average molecular weight is 1250 g/mol. The number of aliphatic imine (C=N–C) groups is 1. The third-order valence-corrected chi connectivity index (χ3v) is 14.8. The van der Waals surface area contributed by atoms with Gasteiger partial charge in [0, 0.05) is 68.8 Å². The highest BCUT2D eigenvalue weighted by Gasteiger charge is 2.28. The Morgan fingerprint density at radius 2 is 1.10 bits per heavy atom. The predicted octanol–water partition coefficient (Wildman–Crippen LogP) is 7.99. The molecular formula is C55H93Cl2N11O11S3. The Kier molecular flexibility index (Phi) is 39.4. The van der Waals surface area contributed by atoms with E-state index in [0.29, 0.717) is 46.4 Å². The van der Waals surface area contributed by atoms with E-state index in [1.165, 1.54) is 60.5 Å². The highest BCUT2D eigenvalue weighted by Crippen LogP contribution is 2.27. The van der Waals surface area contributed by atoms with E-state index in [4.69, 9.17) is 37.0 Å². The standard InChI is InChI=1S/C16H24N4O2S.C11H15N3O2S.C10H19NO3.C6H5ClN2OS.C5H11NO.C4H8O.C2H6O.CH4.ClH/c1-23-16-18-9-10(8-17-11-2-4-13(21)6-11)15(20-16)19-12-3-5-14(22)7-12;1-17-11-12-5-7(6-15)10(14-11)13-8-2-3-9(16)4-8;1-10(2,3)14-9(13)11-7-4-5-8(12)6-7;1-11-6-8-2-4(3-10)5(7)9-6;6-4-1-2-5(7)3-4;1-2-4-5-3-1;1-2-3;;/h8-9,11-14,21-22H,2-7H2,1H3,(H,18,19,20);5-6,8-9,16H,2-4H2,1H3,(H,12,13,14);7-8,12H,4-6H2,1-3H3,(H,11,13);2-3H,1H3;4-5,7H,1-3,6H2;1-4H2;3H,2H2,1H3;1H4;1H/t11-,12-,13-,14-;8-,9-;7-,8-;;4-,5-;;;;/m111.1..../s1. The summed E-state index contributed by atoms with van der Waals surface area (Å²) in [6, 6.07) is 0.963. The number of carbonyl (C=O) groups excluding carboxylic acids is 3. The topological polar surface area (TPSA) is 343 Å². The van der Waals surface area contributed by atoms with Crippen molar-refractivity contribution in [3.8, 4) is 0 Å². The monoisotopic (exact) mass is 1250 g/mol. The number of halogens is 2. The number of anilines is 2. The van der Waals surface area contributed by atoms with Gasteiger partial charge < -0.3 is 61.8 Å². The van der Waals surface area contributed by atoms with E-state index in [9.17, 15) is 34.8 Å². The largest absolute Gasteiger partial charge is 0.444 e. The quantitative estimate of drug-likeness (QED) is 0.0270. The van der Waals surface area contributed by atoms with E-state index in [0.717, 1.165) is 120 Å². The number of amides is 1. The minimum Gasteiger partial charge on any atom is -0.444 e. The normalized spacial score (nSPS) is 24.9. The van der Waals surface area contributed by atoms with Crippen molar-refractivity contribution in [3.05, 3.63) is 40.4 Å². The molecule has 10 atom stereocenters. The van der Waals surface area contributed by atoms with Crippen molar-refractivity contribution in [2.75, 3.05) is 49.2 Å². The van der Waals surface area contributed by atoms with Crippen molar-refractivity contribution in [1.82, 2.24) is 35.2 Å². The predicted molar refractivity (Wildman–Crippen MR) is 331 cm³/mol. The van der Waals surface area contributed by atoms with Crippen molar-refractivity contribution >= 4 is 95.8 Å². The van der Waals surface area contributed by atoms with Crippen LogP contribution in [0.15, 0.2) is 39.1 Å². The molecule has 3 aromatic rings. The van der Waals surface area contributed by atoms with Gasteiger partial charge >= 0.3 is 6.09 Å². The molecule has 0 bridgehead atoms. The van der Waals surface area contributed by atoms with Crippen LogP contribution in [0, 0.1) is 0 Å². The van der Waals surface area contributed by atoms with Crippen LogP contribution in [0.1, 0.15) is 171 Å². The summed E-state index contributed by atoms with van der Waals surface area (Å²) >= 11 is 9.93. The van der Waals surface area contributed by atoms with Crippen LogP contribution in [-0.2, 0) is 9.47 Å². The Balaban J connectivity index is 0.000000510. The van der Waals surface area contributed by atoms with E-state index >= 15 is 0 Å². The van der Waals surface area contributed by atoms with Crippen LogP contribution in [0.4, 0.5) is 16.4 Å². The molecule has 4 heterocycles. The lowest BCUT2D eigenvalue weighted by Gasteiger charge is -2.21. The summed E-state index contributed by atoms with van der Waals surface area (Å²) in [7, 11) is 0. The number of aldehydes is 2. The van der Waals surface area contributed by atoms with Gasteiger partial charge in [-0.2, -0.15) is 0 Å². The summed E-state index contributed by atoms with van der Waals surface area (Å²) in [5.41, 5.74) is 6.66. The van der Waals surface area contributed by atoms with Crippen LogP contribution < -0.4 is 21.7 Å². The summed E-state index contributed by atoms with van der Waals surface area (Å²) < 4.78 is 10.0. The van der Waals surface area contributed by atoms with E-state index in [1.54, 1.807) is 13.1 Å². The van der Waals surface area contributed by atoms with Gasteiger partial charge in [-0.3, -0.25) is 14.6 Å². The molecular weight excluding hydrogens is 1160 g/mol. The molecule has 22 nitrogen and oxygen atoms in total. The van der Waals surface area contributed by atoms with Crippen molar-refractivity contribution in [3.63, 3.8) is 0 Å². The zero-order chi connectivity index (χ0) is 59.0. The maximum atomic E-state index is 11.3. The van der Waals surface area contributed by atoms with Gasteiger partial charge in [0.15, 0.2) is 28.0 Å². The molecule has 3 aromatic heterocycles. The molecule has 6 aliphatic rings. The first-order chi connectivity index (χ1) is 38.2. The Labute approximate surface area is 509 Å². The van der Waals surface area contributed by atoms with Gasteiger partial charge in [0.05, 0.1) is 53.3 Å². The van der Waals surface area contributed by atoms with Crippen molar-refractivity contribution < 1.29 is 54.5 Å². The maximum Gasteiger partial charge on any atom is 0.407 e.